The average Bonchev–Trinajstić information content (AvgIpc) is 3.61. The summed E-state index contributed by atoms with van der Waals surface area (Å²) in [5.41, 5.74) is 1.46. The van der Waals surface area contributed by atoms with Crippen molar-refractivity contribution in [3.05, 3.63) is 95.3 Å². The standard InChI is InChI=1S/C38H51N5O8S/c1-38(2,3)35(43(37(46)47)24-30-15-10-16-31(40-30)26-51-4)36(45)41-33(21-27-11-6-5-7-12-27)34(44)25-42(23-29-13-8-9-14-29)52(49,50)32-19-17-28(18-20-32)22-39-48/h5-7,10-12,15-20,22,29,33-35,44,48H,8-9,13-14,21,23-26H2,1-4H3,(H,41,45)(H,46,47)/t33-,34+,35+/m0/s1. The lowest BCUT2D eigenvalue weighted by Crippen LogP contribution is -2.59. The Labute approximate surface area is 306 Å². The first-order valence-electron chi connectivity index (χ1n) is 17.5. The Morgan fingerprint density at radius 2 is 1.67 bits per heavy atom. The van der Waals surface area contributed by atoms with Gasteiger partial charge < -0.3 is 25.5 Å². The SMILES string of the molecule is COCc1cccc(CN(C(=O)O)[C@H](C(=O)N[C@@H](Cc2ccccc2)[C@H](O)CN(CC2CCCC2)S(=O)(=O)c2ccc(C=NO)cc2)C(C)(C)C)n1. The molecule has 0 aliphatic heterocycles. The van der Waals surface area contributed by atoms with Crippen LogP contribution in [0.4, 0.5) is 4.79 Å². The van der Waals surface area contributed by atoms with E-state index in [4.69, 9.17) is 9.94 Å². The summed E-state index contributed by atoms with van der Waals surface area (Å²) in [6, 6.07) is 18.1. The molecular weight excluding hydrogens is 687 g/mol. The van der Waals surface area contributed by atoms with Gasteiger partial charge in [0, 0.05) is 20.2 Å². The summed E-state index contributed by atoms with van der Waals surface area (Å²) in [5, 5.41) is 37.2. The number of oxime groups is 1. The van der Waals surface area contributed by atoms with E-state index < -0.39 is 45.6 Å². The zero-order valence-electron chi connectivity index (χ0n) is 30.3. The van der Waals surface area contributed by atoms with Gasteiger partial charge in [0.05, 0.1) is 47.8 Å². The number of amides is 2. The summed E-state index contributed by atoms with van der Waals surface area (Å²) < 4.78 is 34.7. The molecule has 282 valence electrons. The third kappa shape index (κ3) is 11.1. The molecule has 13 nitrogen and oxygen atoms in total. The predicted octanol–water partition coefficient (Wildman–Crippen LogP) is 4.90. The Morgan fingerprint density at radius 3 is 2.27 bits per heavy atom. The van der Waals surface area contributed by atoms with Crippen LogP contribution in [0.25, 0.3) is 0 Å². The maximum atomic E-state index is 14.3. The van der Waals surface area contributed by atoms with Crippen LogP contribution in [0.5, 0.6) is 0 Å². The molecule has 14 heteroatoms. The highest BCUT2D eigenvalue weighted by Gasteiger charge is 2.41. The zero-order valence-corrected chi connectivity index (χ0v) is 31.1. The van der Waals surface area contributed by atoms with Crippen molar-refractivity contribution in [1.82, 2.24) is 19.5 Å². The van der Waals surface area contributed by atoms with Crippen molar-refractivity contribution < 1.29 is 38.2 Å². The van der Waals surface area contributed by atoms with E-state index in [-0.39, 0.29) is 43.5 Å². The molecule has 52 heavy (non-hydrogen) atoms. The smallest absolute Gasteiger partial charge is 0.408 e. The molecule has 2 amide bonds. The van der Waals surface area contributed by atoms with Gasteiger partial charge in [0.2, 0.25) is 15.9 Å². The molecule has 4 N–H and O–H groups in total. The van der Waals surface area contributed by atoms with Gasteiger partial charge in [0.1, 0.15) is 6.04 Å². The summed E-state index contributed by atoms with van der Waals surface area (Å²) in [6.07, 6.45) is 2.36. The van der Waals surface area contributed by atoms with Gasteiger partial charge in [-0.3, -0.25) is 14.7 Å². The van der Waals surface area contributed by atoms with Crippen LogP contribution in [0.2, 0.25) is 0 Å². The van der Waals surface area contributed by atoms with Crippen LogP contribution in [0.15, 0.2) is 82.8 Å². The number of benzene rings is 2. The van der Waals surface area contributed by atoms with Gasteiger partial charge in [-0.05, 0) is 66.0 Å². The second-order valence-electron chi connectivity index (χ2n) is 14.4. The lowest BCUT2D eigenvalue weighted by molar-refractivity contribution is -0.131. The number of methoxy groups -OCH3 is 1. The van der Waals surface area contributed by atoms with Gasteiger partial charge in [0.15, 0.2) is 0 Å². The number of aliphatic hydroxyl groups is 1. The molecule has 1 saturated carbocycles. The lowest BCUT2D eigenvalue weighted by atomic mass is 9.84. The molecule has 1 aromatic heterocycles. The Morgan fingerprint density at radius 1 is 1.02 bits per heavy atom. The van der Waals surface area contributed by atoms with Crippen molar-refractivity contribution in [3.8, 4) is 0 Å². The Hall–Kier alpha value is -4.37. The molecule has 0 spiro atoms. The highest BCUT2D eigenvalue weighted by molar-refractivity contribution is 7.89. The van der Waals surface area contributed by atoms with Crippen molar-refractivity contribution in [2.24, 2.45) is 16.5 Å². The van der Waals surface area contributed by atoms with Crippen molar-refractivity contribution in [3.63, 3.8) is 0 Å². The number of hydrogen-bond acceptors (Lipinski definition) is 9. The van der Waals surface area contributed by atoms with Crippen LogP contribution in [0, 0.1) is 11.3 Å². The minimum absolute atomic E-state index is 0.0181. The molecule has 1 fully saturated rings. The second-order valence-corrected chi connectivity index (χ2v) is 16.3. The van der Waals surface area contributed by atoms with Crippen LogP contribution >= 0.6 is 0 Å². The van der Waals surface area contributed by atoms with E-state index in [9.17, 15) is 28.2 Å². The molecular formula is C38H51N5O8S. The van der Waals surface area contributed by atoms with E-state index in [1.807, 2.05) is 30.3 Å². The maximum absolute atomic E-state index is 14.3. The minimum atomic E-state index is -4.10. The first-order chi connectivity index (χ1) is 24.7. The van der Waals surface area contributed by atoms with Gasteiger partial charge in [0.25, 0.3) is 0 Å². The number of nitrogens with zero attached hydrogens (tertiary/aromatic N) is 4. The van der Waals surface area contributed by atoms with Crippen LogP contribution in [0.1, 0.15) is 69.0 Å². The number of carboxylic acid groups (broad SMARTS) is 1. The van der Waals surface area contributed by atoms with Crippen molar-refractivity contribution in [2.75, 3.05) is 20.2 Å². The van der Waals surface area contributed by atoms with E-state index in [0.29, 0.717) is 17.0 Å². The zero-order chi connectivity index (χ0) is 37.9. The molecule has 1 heterocycles. The van der Waals surface area contributed by atoms with Crippen molar-refractivity contribution >= 4 is 28.2 Å². The van der Waals surface area contributed by atoms with Crippen molar-refractivity contribution in [2.45, 2.75) is 89.1 Å². The molecule has 0 saturated heterocycles. The predicted molar refractivity (Wildman–Crippen MR) is 196 cm³/mol. The quantitative estimate of drug-likeness (QED) is 0.0851. The summed E-state index contributed by atoms with van der Waals surface area (Å²) in [7, 11) is -2.57. The number of rotatable bonds is 17. The number of nitrogens with one attached hydrogen (secondary N) is 1. The number of carbonyl (C=O) groups is 2. The number of carbonyl (C=O) groups excluding carboxylic acids is 1. The van der Waals surface area contributed by atoms with Crippen LogP contribution in [0.3, 0.4) is 0 Å². The van der Waals surface area contributed by atoms with Crippen LogP contribution < -0.4 is 5.32 Å². The third-order valence-corrected chi connectivity index (χ3v) is 11.1. The van der Waals surface area contributed by atoms with Crippen molar-refractivity contribution in [1.29, 1.82) is 0 Å². The summed E-state index contributed by atoms with van der Waals surface area (Å²) in [5.74, 6) is -0.524. The third-order valence-electron chi connectivity index (χ3n) is 9.26. The fourth-order valence-corrected chi connectivity index (χ4v) is 8.27. The first kappa shape index (κ1) is 40.4. The van der Waals surface area contributed by atoms with E-state index in [1.54, 1.807) is 39.0 Å². The number of aromatic nitrogens is 1. The van der Waals surface area contributed by atoms with Gasteiger partial charge >= 0.3 is 6.09 Å². The number of pyridine rings is 1. The van der Waals surface area contributed by atoms with Gasteiger partial charge in [-0.25, -0.2) is 13.2 Å². The Balaban J connectivity index is 1.66. The van der Waals surface area contributed by atoms with Gasteiger partial charge in [-0.1, -0.05) is 87.3 Å². The van der Waals surface area contributed by atoms with E-state index >= 15 is 0 Å². The summed E-state index contributed by atoms with van der Waals surface area (Å²) in [6.45, 7) is 5.23. The minimum Gasteiger partial charge on any atom is -0.465 e. The first-order valence-corrected chi connectivity index (χ1v) is 18.9. The largest absolute Gasteiger partial charge is 0.465 e. The van der Waals surface area contributed by atoms with Crippen LogP contribution in [-0.2, 0) is 39.1 Å². The molecule has 3 atom stereocenters. The fraction of sp³-hybridized carbons (Fsp3) is 0.474. The Bertz CT molecular complexity index is 1740. The molecule has 0 bridgehead atoms. The number of sulfonamides is 1. The molecule has 2 aromatic carbocycles. The van der Waals surface area contributed by atoms with Gasteiger partial charge in [-0.15, -0.1) is 0 Å². The molecule has 1 aliphatic rings. The maximum Gasteiger partial charge on any atom is 0.408 e. The highest BCUT2D eigenvalue weighted by Crippen LogP contribution is 2.30. The van der Waals surface area contributed by atoms with E-state index in [0.717, 1.165) is 36.1 Å². The molecule has 3 aromatic rings. The molecule has 4 rings (SSSR count). The normalized spacial score (nSPS) is 15.8. The molecule has 1 aliphatic carbocycles. The second kappa shape index (κ2) is 18.4. The number of hydrogen-bond donors (Lipinski definition) is 4. The molecule has 0 radical (unpaired) electrons. The summed E-state index contributed by atoms with van der Waals surface area (Å²) in [4.78, 5) is 32.7. The van der Waals surface area contributed by atoms with E-state index in [1.165, 1.54) is 41.9 Å². The highest BCUT2D eigenvalue weighted by atomic mass is 32.2. The lowest BCUT2D eigenvalue weighted by Gasteiger charge is -2.39. The number of ether oxygens (including phenoxy) is 1. The summed E-state index contributed by atoms with van der Waals surface area (Å²) >= 11 is 0. The number of aliphatic hydroxyl groups excluding tert-OH is 1. The molecule has 0 unspecified atom stereocenters. The van der Waals surface area contributed by atoms with Crippen LogP contribution in [-0.4, -0.2) is 94.6 Å². The van der Waals surface area contributed by atoms with Gasteiger partial charge in [-0.2, -0.15) is 4.31 Å². The monoisotopic (exact) mass is 737 g/mol. The average molecular weight is 738 g/mol. The topological polar surface area (TPSA) is 182 Å². The Kier molecular flexibility index (Phi) is 14.3. The fourth-order valence-electron chi connectivity index (χ4n) is 6.73. The van der Waals surface area contributed by atoms with E-state index in [2.05, 4.69) is 15.5 Å².